The molecule has 5 atom stereocenters. The van der Waals surface area contributed by atoms with E-state index in [0.717, 1.165) is 0 Å². The fourth-order valence-electron chi connectivity index (χ4n) is 3.00. The predicted octanol–water partition coefficient (Wildman–Crippen LogP) is -2.44. The maximum Gasteiger partial charge on any atom is 0.406 e. The van der Waals surface area contributed by atoms with E-state index in [1.54, 1.807) is 0 Å². The number of carbonyl (C=O) groups is 2. The molecule has 0 spiro atoms. The third-order valence-corrected chi connectivity index (χ3v) is 4.09. The molecule has 3 rings (SSSR count). The van der Waals surface area contributed by atoms with E-state index in [0.29, 0.717) is 4.90 Å². The lowest BCUT2D eigenvalue weighted by Crippen LogP contribution is -2.55. The maximum absolute atomic E-state index is 12.8. The predicted molar refractivity (Wildman–Crippen MR) is 74.8 cm³/mol. The molecule has 3 heterocycles. The first kappa shape index (κ1) is 18.5. The summed E-state index contributed by atoms with van der Waals surface area (Å²) in [5, 5.41) is 38.3. The highest BCUT2D eigenvalue weighted by Gasteiger charge is 2.58. The Morgan fingerprint density at radius 2 is 1.92 bits per heavy atom. The maximum atomic E-state index is 12.8. The molecular formula is C12H14F3N5O6. The van der Waals surface area contributed by atoms with Gasteiger partial charge in [-0.2, -0.15) is 18.2 Å². The summed E-state index contributed by atoms with van der Waals surface area (Å²) < 4.78 is 43.6. The smallest absolute Gasteiger partial charge is 0.394 e. The normalized spacial score (nSPS) is 34.9. The minimum Gasteiger partial charge on any atom is -0.394 e. The Morgan fingerprint density at radius 3 is 2.46 bits per heavy atom. The van der Waals surface area contributed by atoms with Crippen molar-refractivity contribution in [1.29, 1.82) is 5.41 Å². The van der Waals surface area contributed by atoms with E-state index >= 15 is 0 Å². The number of alkyl halides is 3. The van der Waals surface area contributed by atoms with Gasteiger partial charge in [0.05, 0.1) is 6.61 Å². The number of aliphatic hydroxyl groups is 3. The molecule has 14 heteroatoms. The number of guanidine groups is 1. The van der Waals surface area contributed by atoms with Crippen LogP contribution in [-0.2, 0) is 9.53 Å². The summed E-state index contributed by atoms with van der Waals surface area (Å²) in [6.07, 6.45) is -11.2. The van der Waals surface area contributed by atoms with Crippen LogP contribution in [0.5, 0.6) is 0 Å². The van der Waals surface area contributed by atoms with Gasteiger partial charge in [-0.1, -0.05) is 0 Å². The molecule has 0 saturated carbocycles. The third kappa shape index (κ3) is 2.90. The number of ether oxygens (including phenoxy) is 1. The van der Waals surface area contributed by atoms with Crippen LogP contribution in [0.2, 0.25) is 0 Å². The molecule has 11 nitrogen and oxygen atoms in total. The number of halogens is 3. The molecule has 0 aromatic carbocycles. The number of hydrogen-bond acceptors (Lipinski definition) is 7. The van der Waals surface area contributed by atoms with Crippen LogP contribution < -0.4 is 5.32 Å². The third-order valence-electron chi connectivity index (χ3n) is 4.09. The number of fused-ring (bicyclic) bond motifs is 1. The van der Waals surface area contributed by atoms with Crippen molar-refractivity contribution in [1.82, 2.24) is 15.1 Å². The van der Waals surface area contributed by atoms with Gasteiger partial charge in [-0.25, -0.2) is 9.69 Å². The van der Waals surface area contributed by atoms with Gasteiger partial charge in [0.2, 0.25) is 5.96 Å². The molecular weight excluding hydrogens is 367 g/mol. The van der Waals surface area contributed by atoms with E-state index in [1.165, 1.54) is 0 Å². The Bertz CT molecular complexity index is 685. The molecule has 5 N–H and O–H groups in total. The molecule has 3 aliphatic rings. The quantitative estimate of drug-likeness (QED) is 0.365. The average Bonchev–Trinajstić information content (AvgIpc) is 2.94. The molecule has 0 aromatic heterocycles. The lowest BCUT2D eigenvalue weighted by Gasteiger charge is -2.26. The fraction of sp³-hybridized carbons (Fsp3) is 0.667. The first-order valence-corrected chi connectivity index (χ1v) is 7.32. The van der Waals surface area contributed by atoms with Crippen LogP contribution in [0.1, 0.15) is 0 Å². The fourth-order valence-corrected chi connectivity index (χ4v) is 3.00. The summed E-state index contributed by atoms with van der Waals surface area (Å²) >= 11 is 0. The van der Waals surface area contributed by atoms with Crippen molar-refractivity contribution in [2.75, 3.05) is 13.2 Å². The number of amidine groups is 1. The summed E-state index contributed by atoms with van der Waals surface area (Å²) in [6, 6.07) is -3.12. The number of carbonyl (C=O) groups excluding carboxylic acids is 2. The van der Waals surface area contributed by atoms with Crippen LogP contribution in [0.4, 0.5) is 18.0 Å². The van der Waals surface area contributed by atoms with Crippen molar-refractivity contribution in [2.45, 2.75) is 36.8 Å². The molecule has 3 aliphatic heterocycles. The minimum absolute atomic E-state index is 0.176. The van der Waals surface area contributed by atoms with Gasteiger partial charge in [0.25, 0.3) is 5.91 Å². The van der Waals surface area contributed by atoms with E-state index in [1.807, 2.05) is 5.32 Å². The molecule has 2 fully saturated rings. The molecule has 1 unspecified atom stereocenters. The number of nitrogens with zero attached hydrogens (tertiary/aromatic N) is 3. The zero-order valence-electron chi connectivity index (χ0n) is 12.8. The van der Waals surface area contributed by atoms with Crippen LogP contribution in [0.15, 0.2) is 4.99 Å². The van der Waals surface area contributed by atoms with Crippen LogP contribution in [0.25, 0.3) is 0 Å². The Morgan fingerprint density at radius 1 is 1.27 bits per heavy atom. The van der Waals surface area contributed by atoms with Gasteiger partial charge < -0.3 is 20.1 Å². The first-order valence-electron chi connectivity index (χ1n) is 7.32. The van der Waals surface area contributed by atoms with Gasteiger partial charge in [-0.15, -0.1) is 0 Å². The lowest BCUT2D eigenvalue weighted by molar-refractivity contribution is -0.145. The summed E-state index contributed by atoms with van der Waals surface area (Å²) in [5.41, 5.74) is 0. The van der Waals surface area contributed by atoms with E-state index in [9.17, 15) is 33.0 Å². The van der Waals surface area contributed by atoms with Crippen molar-refractivity contribution in [2.24, 2.45) is 4.99 Å². The number of aliphatic hydroxyl groups excluding tert-OH is 3. The standard InChI is InChI=1S/C12H14F3N5O6/c13-12(14,15)2-19-4-7(17-10(16)18-8(4)24)20(11(19)25)9-6(23)5(22)3(1-21)26-9/h3-6,9,21-23H,1-2H2,(H2,16,18,24)/t3-,4?,5+,6-,9-/m1/s1. The Labute approximate surface area is 143 Å². The van der Waals surface area contributed by atoms with Gasteiger partial charge in [0.15, 0.2) is 18.1 Å². The molecule has 0 bridgehead atoms. The van der Waals surface area contributed by atoms with E-state index in [-0.39, 0.29) is 4.90 Å². The van der Waals surface area contributed by atoms with Gasteiger partial charge in [-0.05, 0) is 0 Å². The minimum atomic E-state index is -4.83. The van der Waals surface area contributed by atoms with Crippen molar-refractivity contribution >= 4 is 23.7 Å². The number of rotatable bonds is 3. The first-order chi connectivity index (χ1) is 12.0. The molecule has 0 aromatic rings. The molecule has 0 aliphatic carbocycles. The van der Waals surface area contributed by atoms with E-state index in [2.05, 4.69) is 4.99 Å². The number of aliphatic imine (C=N–C) groups is 1. The number of amides is 3. The van der Waals surface area contributed by atoms with Gasteiger partial charge >= 0.3 is 12.2 Å². The number of hydrogen-bond donors (Lipinski definition) is 5. The highest BCUT2D eigenvalue weighted by atomic mass is 19.4. The molecule has 0 radical (unpaired) electrons. The highest BCUT2D eigenvalue weighted by molar-refractivity contribution is 6.25. The SMILES string of the molecule is N=C1N=C2C(C(=O)N1)N(CC(F)(F)F)C(=O)N2[C@@H]1O[C@H](CO)[C@H](O)[C@H]1O. The molecule has 26 heavy (non-hydrogen) atoms. The summed E-state index contributed by atoms with van der Waals surface area (Å²) in [7, 11) is 0. The van der Waals surface area contributed by atoms with Crippen LogP contribution in [-0.4, -0.2) is 98.8 Å². The monoisotopic (exact) mass is 381 g/mol. The van der Waals surface area contributed by atoms with Crippen LogP contribution >= 0.6 is 0 Å². The second-order valence-corrected chi connectivity index (χ2v) is 5.83. The van der Waals surface area contributed by atoms with Crippen molar-refractivity contribution < 1.29 is 42.8 Å². The zero-order chi connectivity index (χ0) is 19.4. The molecule has 2 saturated heterocycles. The average molecular weight is 381 g/mol. The summed E-state index contributed by atoms with van der Waals surface area (Å²) in [4.78, 5) is 28.8. The zero-order valence-corrected chi connectivity index (χ0v) is 12.8. The Hall–Kier alpha value is -2.29. The second-order valence-electron chi connectivity index (χ2n) is 5.83. The molecule has 144 valence electrons. The van der Waals surface area contributed by atoms with E-state index < -0.39 is 73.6 Å². The largest absolute Gasteiger partial charge is 0.406 e. The topological polar surface area (TPSA) is 159 Å². The molecule has 3 amide bonds. The van der Waals surface area contributed by atoms with Gasteiger partial charge in [-0.3, -0.25) is 20.4 Å². The summed E-state index contributed by atoms with van der Waals surface area (Å²) in [5.74, 6) is -2.32. The lowest BCUT2D eigenvalue weighted by atomic mass is 10.1. The highest BCUT2D eigenvalue weighted by Crippen LogP contribution is 2.33. The van der Waals surface area contributed by atoms with Crippen LogP contribution in [0, 0.1) is 5.41 Å². The number of nitrogens with one attached hydrogen (secondary N) is 2. The van der Waals surface area contributed by atoms with Crippen molar-refractivity contribution in [3.8, 4) is 0 Å². The second kappa shape index (κ2) is 6.15. The van der Waals surface area contributed by atoms with Gasteiger partial charge in [0, 0.05) is 0 Å². The summed E-state index contributed by atoms with van der Waals surface area (Å²) in [6.45, 7) is -2.50. The van der Waals surface area contributed by atoms with Gasteiger partial charge in [0.1, 0.15) is 24.9 Å². The van der Waals surface area contributed by atoms with Crippen molar-refractivity contribution in [3.63, 3.8) is 0 Å². The Balaban J connectivity index is 2.01. The number of urea groups is 1. The van der Waals surface area contributed by atoms with Crippen LogP contribution in [0.3, 0.4) is 0 Å². The van der Waals surface area contributed by atoms with E-state index in [4.69, 9.17) is 15.3 Å². The van der Waals surface area contributed by atoms with Crippen molar-refractivity contribution in [3.05, 3.63) is 0 Å². The Kier molecular flexibility index (Phi) is 4.38.